The van der Waals surface area contributed by atoms with Crippen molar-refractivity contribution in [3.63, 3.8) is 0 Å². The molecule has 0 fully saturated rings. The van der Waals surface area contributed by atoms with Crippen molar-refractivity contribution in [2.45, 2.75) is 57.3 Å². The molecule has 0 spiro atoms. The van der Waals surface area contributed by atoms with E-state index in [-0.39, 0.29) is 18.9 Å². The van der Waals surface area contributed by atoms with Gasteiger partial charge >= 0.3 is 12.1 Å². The molecule has 2 N–H and O–H groups in total. The molecule has 4 aromatic rings. The minimum absolute atomic E-state index is 0.0183. The monoisotopic (exact) mass is 659 g/mol. The van der Waals surface area contributed by atoms with Crippen LogP contribution in [0.3, 0.4) is 0 Å². The maximum atomic E-state index is 14.5. The number of methoxy groups -OCH3 is 1. The molecule has 250 valence electrons. The first-order chi connectivity index (χ1) is 23.0. The molecule has 2 amide bonds. The molecule has 48 heavy (non-hydrogen) atoms. The lowest BCUT2D eigenvalue weighted by Crippen LogP contribution is -2.34. The predicted molar refractivity (Wildman–Crippen MR) is 173 cm³/mol. The predicted octanol–water partition coefficient (Wildman–Crippen LogP) is 7.19. The Bertz CT molecular complexity index is 1760. The van der Waals surface area contributed by atoms with Crippen molar-refractivity contribution in [2.24, 2.45) is 0 Å². The number of fused-ring (bicyclic) bond motifs is 1. The van der Waals surface area contributed by atoms with E-state index < -0.39 is 35.5 Å². The summed E-state index contributed by atoms with van der Waals surface area (Å²) >= 11 is 0. The van der Waals surface area contributed by atoms with Gasteiger partial charge in [-0.3, -0.25) is 14.4 Å². The zero-order valence-corrected chi connectivity index (χ0v) is 26.6. The zero-order chi connectivity index (χ0) is 34.4. The van der Waals surface area contributed by atoms with Crippen molar-refractivity contribution in [3.8, 4) is 17.0 Å². The molecule has 1 aromatic heterocycles. The Morgan fingerprint density at radius 3 is 2.19 bits per heavy atom. The Morgan fingerprint density at radius 2 is 1.58 bits per heavy atom. The van der Waals surface area contributed by atoms with E-state index in [1.165, 1.54) is 12.1 Å². The molecule has 0 aliphatic carbocycles. The summed E-state index contributed by atoms with van der Waals surface area (Å²) in [5.74, 6) is -2.34. The summed E-state index contributed by atoms with van der Waals surface area (Å²) in [6.45, 7) is 2.67. The number of halogens is 3. The van der Waals surface area contributed by atoms with Crippen LogP contribution in [0.25, 0.3) is 11.1 Å². The fourth-order valence-corrected chi connectivity index (χ4v) is 6.13. The second kappa shape index (κ2) is 14.7. The molecule has 0 saturated heterocycles. The number of alkyl halides is 3. The van der Waals surface area contributed by atoms with Crippen LogP contribution < -0.4 is 10.1 Å². The highest BCUT2D eigenvalue weighted by Gasteiger charge is 2.37. The van der Waals surface area contributed by atoms with Crippen LogP contribution in [0.5, 0.6) is 5.88 Å². The van der Waals surface area contributed by atoms with Gasteiger partial charge in [-0.05, 0) is 76.6 Å². The first kappa shape index (κ1) is 34.2. The van der Waals surface area contributed by atoms with Crippen LogP contribution in [-0.4, -0.2) is 46.4 Å². The quantitative estimate of drug-likeness (QED) is 0.167. The number of benzene rings is 3. The largest absolute Gasteiger partial charge is 0.481 e. The third kappa shape index (κ3) is 7.84. The average molecular weight is 660 g/mol. The Labute approximate surface area is 276 Å². The fraction of sp³-hybridized carbons (Fsp3) is 0.297. The number of aliphatic carboxylic acids is 1. The van der Waals surface area contributed by atoms with Crippen molar-refractivity contribution < 1.29 is 37.4 Å². The van der Waals surface area contributed by atoms with Gasteiger partial charge in [0.05, 0.1) is 25.0 Å². The highest BCUT2D eigenvalue weighted by atomic mass is 19.4. The van der Waals surface area contributed by atoms with E-state index in [4.69, 9.17) is 9.84 Å². The first-order valence-corrected chi connectivity index (χ1v) is 15.7. The normalized spacial score (nSPS) is 13.8. The van der Waals surface area contributed by atoms with Gasteiger partial charge in [0.2, 0.25) is 11.8 Å². The lowest BCUT2D eigenvalue weighted by Gasteiger charge is -2.31. The summed E-state index contributed by atoms with van der Waals surface area (Å²) < 4.78 is 45.6. The van der Waals surface area contributed by atoms with Crippen molar-refractivity contribution in [2.75, 3.05) is 13.7 Å². The van der Waals surface area contributed by atoms with Crippen LogP contribution >= 0.6 is 0 Å². The van der Waals surface area contributed by atoms with Gasteiger partial charge in [-0.15, -0.1) is 0 Å². The number of nitrogens with zero attached hydrogens (tertiary/aromatic N) is 2. The Kier molecular flexibility index (Phi) is 10.5. The molecule has 0 saturated carbocycles. The van der Waals surface area contributed by atoms with Gasteiger partial charge in [-0.2, -0.15) is 13.2 Å². The van der Waals surface area contributed by atoms with Gasteiger partial charge < -0.3 is 20.1 Å². The van der Waals surface area contributed by atoms with Crippen LogP contribution in [0, 0.1) is 0 Å². The molecular weight excluding hydrogens is 623 g/mol. The number of ether oxygens (including phenoxy) is 1. The molecule has 5 rings (SSSR count). The second-order valence-corrected chi connectivity index (χ2v) is 11.8. The van der Waals surface area contributed by atoms with Crippen molar-refractivity contribution in [3.05, 3.63) is 118 Å². The number of carbonyl (C=O) groups excluding carboxylic acids is 2. The highest BCUT2D eigenvalue weighted by molar-refractivity contribution is 5.94. The van der Waals surface area contributed by atoms with Crippen molar-refractivity contribution in [1.29, 1.82) is 0 Å². The Morgan fingerprint density at radius 1 is 0.917 bits per heavy atom. The third-order valence-corrected chi connectivity index (χ3v) is 8.61. The summed E-state index contributed by atoms with van der Waals surface area (Å²) in [6.07, 6.45) is -1.74. The lowest BCUT2D eigenvalue weighted by molar-refractivity contribution is -0.138. The van der Waals surface area contributed by atoms with Gasteiger partial charge in [0.25, 0.3) is 5.91 Å². The van der Waals surface area contributed by atoms with E-state index in [1.54, 1.807) is 48.5 Å². The van der Waals surface area contributed by atoms with Gasteiger partial charge in [0.1, 0.15) is 0 Å². The number of aromatic nitrogens is 1. The minimum Gasteiger partial charge on any atom is -0.481 e. The van der Waals surface area contributed by atoms with E-state index >= 15 is 0 Å². The van der Waals surface area contributed by atoms with E-state index in [1.807, 2.05) is 31.2 Å². The molecule has 8 nitrogen and oxygen atoms in total. The standard InChI is InChI=1S/C37H36F3N3O5/c1-3-4-31(23-5-7-25(8-6-23)35(46)41-18-17-33(44)45)34(24-11-14-30(15-12-24)37(38,39)40)36(47)43-21-28-10-9-26(19-29(28)22-43)27-13-16-32(48-2)42-20-27/h5-16,19-20,31,34H,3-4,17-18,21-22H2,1-2H3,(H,41,46)(H,44,45). The summed E-state index contributed by atoms with van der Waals surface area (Å²) in [7, 11) is 1.55. The van der Waals surface area contributed by atoms with Gasteiger partial charge in [-0.1, -0.05) is 49.7 Å². The van der Waals surface area contributed by atoms with Crippen LogP contribution in [0.15, 0.2) is 85.1 Å². The minimum atomic E-state index is -4.52. The van der Waals surface area contributed by atoms with Gasteiger partial charge in [0.15, 0.2) is 0 Å². The van der Waals surface area contributed by atoms with Crippen molar-refractivity contribution >= 4 is 17.8 Å². The third-order valence-electron chi connectivity index (χ3n) is 8.61. The number of nitrogens with one attached hydrogen (secondary N) is 1. The average Bonchev–Trinajstić information content (AvgIpc) is 3.51. The van der Waals surface area contributed by atoms with E-state index in [0.29, 0.717) is 42.9 Å². The summed E-state index contributed by atoms with van der Waals surface area (Å²) in [5, 5.41) is 11.4. The number of hydrogen-bond acceptors (Lipinski definition) is 5. The first-order valence-electron chi connectivity index (χ1n) is 15.7. The van der Waals surface area contributed by atoms with Crippen LogP contribution in [0.4, 0.5) is 13.2 Å². The SMILES string of the molecule is CCCC(c1ccc(C(=O)NCCC(=O)O)cc1)C(C(=O)N1Cc2ccc(-c3ccc(OC)nc3)cc2C1)c1ccc(C(F)(F)F)cc1. The fourth-order valence-electron chi connectivity index (χ4n) is 6.13. The number of pyridine rings is 1. The Balaban J connectivity index is 1.45. The molecule has 1 aliphatic heterocycles. The van der Waals surface area contributed by atoms with Crippen LogP contribution in [0.2, 0.25) is 0 Å². The zero-order valence-electron chi connectivity index (χ0n) is 26.6. The molecule has 2 atom stereocenters. The number of carboxylic acid groups (broad SMARTS) is 1. The van der Waals surface area contributed by atoms with Gasteiger partial charge in [0, 0.05) is 43.0 Å². The molecule has 11 heteroatoms. The summed E-state index contributed by atoms with van der Waals surface area (Å²) in [6, 6.07) is 21.2. The van der Waals surface area contributed by atoms with E-state index in [2.05, 4.69) is 10.3 Å². The lowest BCUT2D eigenvalue weighted by atomic mass is 9.77. The molecule has 0 radical (unpaired) electrons. The van der Waals surface area contributed by atoms with E-state index in [0.717, 1.165) is 39.9 Å². The molecule has 1 aliphatic rings. The second-order valence-electron chi connectivity index (χ2n) is 11.8. The summed E-state index contributed by atoms with van der Waals surface area (Å²) in [4.78, 5) is 43.9. The molecule has 2 heterocycles. The van der Waals surface area contributed by atoms with Crippen LogP contribution in [-0.2, 0) is 28.9 Å². The highest BCUT2D eigenvalue weighted by Crippen LogP contribution is 2.41. The smallest absolute Gasteiger partial charge is 0.416 e. The molecule has 0 bridgehead atoms. The van der Waals surface area contributed by atoms with Crippen molar-refractivity contribution in [1.82, 2.24) is 15.2 Å². The number of hydrogen-bond donors (Lipinski definition) is 2. The van der Waals surface area contributed by atoms with Crippen LogP contribution in [0.1, 0.15) is 76.2 Å². The molecule has 3 aromatic carbocycles. The number of carboxylic acids is 1. The number of rotatable bonds is 12. The number of carbonyl (C=O) groups is 3. The van der Waals surface area contributed by atoms with E-state index in [9.17, 15) is 27.6 Å². The maximum Gasteiger partial charge on any atom is 0.416 e. The van der Waals surface area contributed by atoms with Gasteiger partial charge in [-0.25, -0.2) is 4.98 Å². The maximum absolute atomic E-state index is 14.5. The number of amides is 2. The molecular formula is C37H36F3N3O5. The Hall–Kier alpha value is -5.19. The summed E-state index contributed by atoms with van der Waals surface area (Å²) in [5.41, 5.74) is 4.58. The topological polar surface area (TPSA) is 109 Å². The molecule has 2 unspecified atom stereocenters.